The average Bonchev–Trinajstić information content (AvgIpc) is 2.47. The van der Waals surface area contributed by atoms with Gasteiger partial charge in [0.15, 0.2) is 0 Å². The van der Waals surface area contributed by atoms with Gasteiger partial charge in [-0.05, 0) is 36.8 Å². The molecule has 0 saturated carbocycles. The Kier molecular flexibility index (Phi) is 3.61. The number of fused-ring (bicyclic) bond motifs is 1. The summed E-state index contributed by atoms with van der Waals surface area (Å²) in [7, 11) is -3.99. The zero-order valence-electron chi connectivity index (χ0n) is 11.7. The molecule has 112 valence electrons. The molecule has 0 fully saturated rings. The SMILES string of the molecule is Cc1cc(=O)oc2cc(OP(=O)(O)c3ccccc3)ccc12. The van der Waals surface area contributed by atoms with Crippen LogP contribution in [0.3, 0.4) is 0 Å². The highest BCUT2D eigenvalue weighted by Crippen LogP contribution is 2.42. The normalized spacial score (nSPS) is 13.7. The Hall–Kier alpha value is -2.36. The molecule has 3 rings (SSSR count). The molecule has 6 heteroatoms. The van der Waals surface area contributed by atoms with Gasteiger partial charge in [-0.1, -0.05) is 18.2 Å². The van der Waals surface area contributed by atoms with Crippen LogP contribution in [0.4, 0.5) is 0 Å². The Morgan fingerprint density at radius 3 is 2.55 bits per heavy atom. The van der Waals surface area contributed by atoms with E-state index in [0.29, 0.717) is 5.58 Å². The summed E-state index contributed by atoms with van der Waals surface area (Å²) in [6.07, 6.45) is 0. The molecule has 22 heavy (non-hydrogen) atoms. The van der Waals surface area contributed by atoms with Gasteiger partial charge in [-0.2, -0.15) is 0 Å². The monoisotopic (exact) mass is 316 g/mol. The van der Waals surface area contributed by atoms with Crippen molar-refractivity contribution >= 4 is 23.9 Å². The molecule has 0 aliphatic heterocycles. The molecule has 1 atom stereocenters. The highest BCUT2D eigenvalue weighted by atomic mass is 31.2. The van der Waals surface area contributed by atoms with Crippen molar-refractivity contribution in [3.63, 3.8) is 0 Å². The van der Waals surface area contributed by atoms with Crippen molar-refractivity contribution in [3.8, 4) is 5.75 Å². The highest BCUT2D eigenvalue weighted by molar-refractivity contribution is 7.61. The van der Waals surface area contributed by atoms with Crippen LogP contribution in [0.1, 0.15) is 5.56 Å². The summed E-state index contributed by atoms with van der Waals surface area (Å²) >= 11 is 0. The van der Waals surface area contributed by atoms with Crippen LogP contribution in [0.2, 0.25) is 0 Å². The van der Waals surface area contributed by atoms with Crippen LogP contribution in [0.25, 0.3) is 11.0 Å². The fraction of sp³-hybridized carbons (Fsp3) is 0.0625. The lowest BCUT2D eigenvalue weighted by atomic mass is 10.1. The van der Waals surface area contributed by atoms with Crippen LogP contribution in [-0.2, 0) is 4.57 Å². The molecular weight excluding hydrogens is 303 g/mol. The molecular formula is C16H13O5P. The number of rotatable bonds is 3. The van der Waals surface area contributed by atoms with E-state index < -0.39 is 13.2 Å². The van der Waals surface area contributed by atoms with E-state index in [0.717, 1.165) is 10.9 Å². The van der Waals surface area contributed by atoms with Crippen LogP contribution < -0.4 is 15.5 Å². The summed E-state index contributed by atoms with van der Waals surface area (Å²) in [5, 5.41) is 0.945. The van der Waals surface area contributed by atoms with Crippen LogP contribution in [0.5, 0.6) is 5.75 Å². The van der Waals surface area contributed by atoms with Gasteiger partial charge in [-0.25, -0.2) is 9.36 Å². The van der Waals surface area contributed by atoms with E-state index in [1.165, 1.54) is 24.3 Å². The van der Waals surface area contributed by atoms with Gasteiger partial charge in [0.2, 0.25) is 0 Å². The zero-order valence-corrected chi connectivity index (χ0v) is 12.6. The first-order chi connectivity index (χ1) is 10.5. The minimum absolute atomic E-state index is 0.163. The first-order valence-electron chi connectivity index (χ1n) is 6.58. The molecule has 0 amide bonds. The second kappa shape index (κ2) is 5.44. The van der Waals surface area contributed by atoms with Gasteiger partial charge in [0.1, 0.15) is 11.3 Å². The standard InChI is InChI=1S/C16H13O5P/c1-11-9-16(17)20-15-10-12(7-8-14(11)15)21-22(18,19)13-5-3-2-4-6-13/h2-10H,1H3,(H,18,19). The summed E-state index contributed by atoms with van der Waals surface area (Å²) in [6.45, 7) is 1.79. The van der Waals surface area contributed by atoms with Crippen molar-refractivity contribution in [1.29, 1.82) is 0 Å². The van der Waals surface area contributed by atoms with Gasteiger partial charge in [0, 0.05) is 17.5 Å². The van der Waals surface area contributed by atoms with Crippen molar-refractivity contribution in [2.24, 2.45) is 0 Å². The third-order valence-corrected chi connectivity index (χ3v) is 4.64. The van der Waals surface area contributed by atoms with E-state index in [9.17, 15) is 14.3 Å². The topological polar surface area (TPSA) is 76.7 Å². The fourth-order valence-electron chi connectivity index (χ4n) is 2.17. The van der Waals surface area contributed by atoms with Gasteiger partial charge in [-0.15, -0.1) is 0 Å². The van der Waals surface area contributed by atoms with Crippen molar-refractivity contribution < 1.29 is 18.4 Å². The van der Waals surface area contributed by atoms with Gasteiger partial charge >= 0.3 is 13.2 Å². The lowest BCUT2D eigenvalue weighted by Crippen LogP contribution is -2.08. The van der Waals surface area contributed by atoms with Crippen LogP contribution in [-0.4, -0.2) is 4.89 Å². The molecule has 1 heterocycles. The molecule has 5 nitrogen and oxygen atoms in total. The Labute approximate surface area is 126 Å². The fourth-order valence-corrected chi connectivity index (χ4v) is 3.23. The van der Waals surface area contributed by atoms with E-state index >= 15 is 0 Å². The number of benzene rings is 2. The Bertz CT molecular complexity index is 930. The van der Waals surface area contributed by atoms with Crippen LogP contribution >= 0.6 is 7.60 Å². The minimum atomic E-state index is -3.99. The molecule has 2 aromatic carbocycles. The maximum atomic E-state index is 12.3. The minimum Gasteiger partial charge on any atom is -0.423 e. The summed E-state index contributed by atoms with van der Waals surface area (Å²) in [5.74, 6) is 0.163. The highest BCUT2D eigenvalue weighted by Gasteiger charge is 2.24. The number of hydrogen-bond acceptors (Lipinski definition) is 4. The van der Waals surface area contributed by atoms with Crippen LogP contribution in [0.15, 0.2) is 63.8 Å². The number of hydrogen-bond donors (Lipinski definition) is 1. The van der Waals surface area contributed by atoms with E-state index in [-0.39, 0.29) is 11.1 Å². The lowest BCUT2D eigenvalue weighted by molar-refractivity contribution is 0.393. The molecule has 0 spiro atoms. The number of aryl methyl sites for hydroxylation is 1. The molecule has 0 radical (unpaired) electrons. The largest absolute Gasteiger partial charge is 0.423 e. The summed E-state index contributed by atoms with van der Waals surface area (Å²) < 4.78 is 22.6. The average molecular weight is 316 g/mol. The maximum Gasteiger partial charge on any atom is 0.408 e. The lowest BCUT2D eigenvalue weighted by Gasteiger charge is -2.13. The molecule has 1 unspecified atom stereocenters. The summed E-state index contributed by atoms with van der Waals surface area (Å²) in [5.41, 5.74) is 0.612. The Morgan fingerprint density at radius 1 is 1.09 bits per heavy atom. The van der Waals surface area contributed by atoms with E-state index in [1.54, 1.807) is 37.3 Å². The molecule has 0 saturated heterocycles. The molecule has 3 aromatic rings. The zero-order chi connectivity index (χ0) is 15.7. The van der Waals surface area contributed by atoms with E-state index in [1.807, 2.05) is 0 Å². The van der Waals surface area contributed by atoms with E-state index in [4.69, 9.17) is 8.94 Å². The van der Waals surface area contributed by atoms with Crippen molar-refractivity contribution in [2.75, 3.05) is 0 Å². The van der Waals surface area contributed by atoms with Crippen LogP contribution in [0, 0.1) is 6.92 Å². The summed E-state index contributed by atoms with van der Waals surface area (Å²) in [4.78, 5) is 21.5. The molecule has 0 bridgehead atoms. The maximum absolute atomic E-state index is 12.3. The smallest absolute Gasteiger partial charge is 0.408 e. The Balaban J connectivity index is 2.01. The van der Waals surface area contributed by atoms with Crippen molar-refractivity contribution in [1.82, 2.24) is 0 Å². The Morgan fingerprint density at radius 2 is 1.82 bits per heavy atom. The third-order valence-electron chi connectivity index (χ3n) is 3.23. The first-order valence-corrected chi connectivity index (χ1v) is 8.16. The molecule has 0 aliphatic carbocycles. The molecule has 1 N–H and O–H groups in total. The van der Waals surface area contributed by atoms with Gasteiger partial charge in [0.05, 0.1) is 5.30 Å². The predicted octanol–water partition coefficient (Wildman–Crippen LogP) is 2.99. The van der Waals surface area contributed by atoms with Gasteiger partial charge in [-0.3, -0.25) is 0 Å². The summed E-state index contributed by atoms with van der Waals surface area (Å²) in [6, 6.07) is 14.2. The first kappa shape index (κ1) is 14.6. The van der Waals surface area contributed by atoms with E-state index in [2.05, 4.69) is 0 Å². The quantitative estimate of drug-likeness (QED) is 0.594. The molecule has 1 aromatic heterocycles. The van der Waals surface area contributed by atoms with Crippen molar-refractivity contribution in [2.45, 2.75) is 6.92 Å². The second-order valence-electron chi connectivity index (χ2n) is 4.85. The second-order valence-corrected chi connectivity index (χ2v) is 6.59. The van der Waals surface area contributed by atoms with Gasteiger partial charge < -0.3 is 13.8 Å². The predicted molar refractivity (Wildman–Crippen MR) is 83.8 cm³/mol. The molecule has 0 aliphatic rings. The van der Waals surface area contributed by atoms with Gasteiger partial charge in [0.25, 0.3) is 0 Å². The van der Waals surface area contributed by atoms with Crippen molar-refractivity contribution in [3.05, 3.63) is 70.6 Å². The third kappa shape index (κ3) is 2.82.